The van der Waals surface area contributed by atoms with Crippen molar-refractivity contribution in [2.24, 2.45) is 12.8 Å². The quantitative estimate of drug-likeness (QED) is 0.335. The van der Waals surface area contributed by atoms with Crippen LogP contribution in [0.4, 0.5) is 0 Å². The Kier molecular flexibility index (Phi) is 7.29. The highest BCUT2D eigenvalue weighted by atomic mass is 16.3. The summed E-state index contributed by atoms with van der Waals surface area (Å²) in [7, 11) is 5.28. The Bertz CT molecular complexity index is 939. The zero-order chi connectivity index (χ0) is 23.5. The van der Waals surface area contributed by atoms with Crippen LogP contribution in [-0.4, -0.2) is 76.1 Å². The van der Waals surface area contributed by atoms with Crippen LogP contribution in [0.5, 0.6) is 0 Å². The molecule has 1 saturated heterocycles. The van der Waals surface area contributed by atoms with Gasteiger partial charge in [-0.25, -0.2) is 0 Å². The summed E-state index contributed by atoms with van der Waals surface area (Å²) < 4.78 is 1.80. The number of β-amino-alcohol motifs (C(OH)–C–C–N with tert-alkyl or cyclic N) is 1. The Hall–Kier alpha value is -2.79. The second kappa shape index (κ2) is 9.78. The molecule has 32 heavy (non-hydrogen) atoms. The second-order valence-corrected chi connectivity index (χ2v) is 8.33. The van der Waals surface area contributed by atoms with Crippen molar-refractivity contribution < 1.29 is 14.7 Å². The number of rotatable bonds is 8. The molecule has 10 heteroatoms. The smallest absolute Gasteiger partial charge is 0.243 e. The number of aryl methyl sites for hydroxylation is 1. The molecule has 10 nitrogen and oxygen atoms in total. The van der Waals surface area contributed by atoms with E-state index in [0.717, 1.165) is 16.8 Å². The summed E-state index contributed by atoms with van der Waals surface area (Å²) in [5.41, 5.74) is 8.31. The van der Waals surface area contributed by atoms with E-state index >= 15 is 0 Å². The molecule has 2 aromatic rings. The fourth-order valence-corrected chi connectivity index (χ4v) is 3.92. The largest absolute Gasteiger partial charge is 0.391 e. The van der Waals surface area contributed by atoms with Gasteiger partial charge in [0.25, 0.3) is 0 Å². The highest BCUT2D eigenvalue weighted by molar-refractivity contribution is 5.91. The number of nitrogens with zero attached hydrogens (tertiary/aromatic N) is 3. The van der Waals surface area contributed by atoms with Gasteiger partial charge in [-0.05, 0) is 38.2 Å². The van der Waals surface area contributed by atoms with E-state index in [1.54, 1.807) is 31.9 Å². The van der Waals surface area contributed by atoms with Crippen molar-refractivity contribution in [3.8, 4) is 11.3 Å². The summed E-state index contributed by atoms with van der Waals surface area (Å²) in [6.45, 7) is 2.16. The molecule has 1 aromatic heterocycles. The van der Waals surface area contributed by atoms with Crippen molar-refractivity contribution in [1.82, 2.24) is 30.6 Å². The summed E-state index contributed by atoms with van der Waals surface area (Å²) in [6, 6.07) is 8.07. The molecule has 0 radical (unpaired) electrons. The first kappa shape index (κ1) is 23.9. The average molecular weight is 444 g/mol. The number of likely N-dealkylation sites (N-methyl/N-ethyl adjacent to an activating group) is 2. The van der Waals surface area contributed by atoms with E-state index in [1.165, 1.54) is 4.90 Å². The number of carbonyl (C=O) groups is 2. The van der Waals surface area contributed by atoms with Crippen molar-refractivity contribution in [3.63, 3.8) is 0 Å². The number of amides is 2. The third-order valence-electron chi connectivity index (χ3n) is 6.33. The van der Waals surface area contributed by atoms with Gasteiger partial charge in [0.05, 0.1) is 17.5 Å². The molecule has 0 saturated carbocycles. The van der Waals surface area contributed by atoms with Crippen LogP contribution in [0.1, 0.15) is 18.9 Å². The molecule has 1 fully saturated rings. The molecule has 1 aromatic carbocycles. The Morgan fingerprint density at radius 3 is 2.47 bits per heavy atom. The first-order chi connectivity index (χ1) is 15.2. The molecule has 3 atom stereocenters. The zero-order valence-corrected chi connectivity index (χ0v) is 19.0. The van der Waals surface area contributed by atoms with Crippen LogP contribution >= 0.6 is 0 Å². The van der Waals surface area contributed by atoms with Crippen molar-refractivity contribution in [2.75, 3.05) is 20.6 Å². The van der Waals surface area contributed by atoms with Crippen LogP contribution in [0, 0.1) is 0 Å². The number of nitrogens with one attached hydrogen (secondary N) is 3. The van der Waals surface area contributed by atoms with E-state index in [9.17, 15) is 14.7 Å². The number of benzene rings is 1. The van der Waals surface area contributed by atoms with Crippen molar-refractivity contribution in [3.05, 3.63) is 42.1 Å². The van der Waals surface area contributed by atoms with Gasteiger partial charge < -0.3 is 31.7 Å². The van der Waals surface area contributed by atoms with Gasteiger partial charge in [0.1, 0.15) is 12.1 Å². The molecule has 6 N–H and O–H groups in total. The molecule has 1 aliphatic rings. The highest BCUT2D eigenvalue weighted by Gasteiger charge is 2.44. The maximum Gasteiger partial charge on any atom is 0.243 e. The summed E-state index contributed by atoms with van der Waals surface area (Å²) in [5, 5.41) is 23.2. The van der Waals surface area contributed by atoms with Gasteiger partial charge in [-0.2, -0.15) is 5.10 Å². The molecular weight excluding hydrogens is 410 g/mol. The van der Waals surface area contributed by atoms with Crippen LogP contribution in [0.2, 0.25) is 0 Å². The van der Waals surface area contributed by atoms with E-state index in [0.29, 0.717) is 6.54 Å². The van der Waals surface area contributed by atoms with Crippen LogP contribution in [0.25, 0.3) is 11.3 Å². The van der Waals surface area contributed by atoms with E-state index in [-0.39, 0.29) is 18.9 Å². The minimum atomic E-state index is -0.933. The number of carbonyl (C=O) groups excluding carboxylic acids is 2. The molecule has 0 spiro atoms. The Morgan fingerprint density at radius 1 is 1.25 bits per heavy atom. The first-order valence-corrected chi connectivity index (χ1v) is 10.7. The molecule has 2 heterocycles. The van der Waals surface area contributed by atoms with Crippen LogP contribution in [0.15, 0.2) is 36.5 Å². The number of aliphatic hydroxyl groups is 1. The van der Waals surface area contributed by atoms with Crippen LogP contribution in [0.3, 0.4) is 0 Å². The molecule has 174 valence electrons. The third kappa shape index (κ3) is 4.83. The molecule has 1 aliphatic heterocycles. The number of aromatic nitrogens is 2. The first-order valence-electron chi connectivity index (χ1n) is 10.7. The van der Waals surface area contributed by atoms with Gasteiger partial charge in [0.2, 0.25) is 11.8 Å². The van der Waals surface area contributed by atoms with Gasteiger partial charge in [-0.3, -0.25) is 14.3 Å². The number of hydrogen-bond acceptors (Lipinski definition) is 7. The third-order valence-corrected chi connectivity index (χ3v) is 6.33. The predicted molar refractivity (Wildman–Crippen MR) is 121 cm³/mol. The number of nitrogens with two attached hydrogens (primary N) is 1. The van der Waals surface area contributed by atoms with E-state index < -0.39 is 29.8 Å². The number of likely N-dealkylation sites (tertiary alicyclic amines) is 1. The summed E-state index contributed by atoms with van der Waals surface area (Å²) in [4.78, 5) is 27.3. The van der Waals surface area contributed by atoms with E-state index in [2.05, 4.69) is 21.0 Å². The lowest BCUT2D eigenvalue weighted by atomic mass is 10.0. The van der Waals surface area contributed by atoms with Gasteiger partial charge in [0.15, 0.2) is 0 Å². The van der Waals surface area contributed by atoms with Crippen LogP contribution in [-0.2, 0) is 23.2 Å². The topological polar surface area (TPSA) is 138 Å². The van der Waals surface area contributed by atoms with Gasteiger partial charge in [-0.1, -0.05) is 24.3 Å². The lowest BCUT2D eigenvalue weighted by molar-refractivity contribution is -0.141. The molecule has 3 rings (SSSR count). The van der Waals surface area contributed by atoms with Gasteiger partial charge in [-0.15, -0.1) is 0 Å². The minimum absolute atomic E-state index is 0.0769. The summed E-state index contributed by atoms with van der Waals surface area (Å²) in [5.74, 6) is -0.707. The lowest BCUT2D eigenvalue weighted by Crippen LogP contribution is -2.68. The Morgan fingerprint density at radius 2 is 1.91 bits per heavy atom. The summed E-state index contributed by atoms with van der Waals surface area (Å²) >= 11 is 0. The normalized spacial score (nSPS) is 19.8. The Balaban J connectivity index is 1.64. The van der Waals surface area contributed by atoms with Crippen molar-refractivity contribution >= 4 is 11.8 Å². The van der Waals surface area contributed by atoms with Gasteiger partial charge >= 0.3 is 0 Å². The molecule has 0 bridgehead atoms. The molecule has 0 unspecified atom stereocenters. The fourth-order valence-electron chi connectivity index (χ4n) is 3.92. The standard InChI is InChI=1S/C22H33N7O3/c1-22(24-2,25-3)19(23)21(32)29-13-16(30)11-18(29)20(31)26-12-14-5-7-15(8-6-14)17-9-10-27-28(17)4/h5-10,16,18-19,24-25,30H,11-13,23H2,1-4H3,(H,26,31)/t16-,18+,19-/m1/s1. The maximum absolute atomic E-state index is 13.0. The number of aliphatic hydroxyl groups excluding tert-OH is 1. The Labute approximate surface area is 188 Å². The van der Waals surface area contributed by atoms with Crippen molar-refractivity contribution in [1.29, 1.82) is 0 Å². The van der Waals surface area contributed by atoms with Gasteiger partial charge in [0, 0.05) is 32.8 Å². The number of hydrogen-bond donors (Lipinski definition) is 5. The second-order valence-electron chi connectivity index (χ2n) is 8.33. The molecule has 0 aliphatic carbocycles. The molecule has 2 amide bonds. The predicted octanol–water partition coefficient (Wildman–Crippen LogP) is -0.853. The minimum Gasteiger partial charge on any atom is -0.391 e. The van der Waals surface area contributed by atoms with Crippen LogP contribution < -0.4 is 21.7 Å². The summed E-state index contributed by atoms with van der Waals surface area (Å²) in [6.07, 6.45) is 1.16. The lowest BCUT2D eigenvalue weighted by Gasteiger charge is -2.37. The highest BCUT2D eigenvalue weighted by Crippen LogP contribution is 2.22. The average Bonchev–Trinajstić information content (AvgIpc) is 3.41. The van der Waals surface area contributed by atoms with E-state index in [4.69, 9.17) is 5.73 Å². The van der Waals surface area contributed by atoms with Crippen molar-refractivity contribution in [2.45, 2.75) is 43.7 Å². The molecular formula is C22H33N7O3. The maximum atomic E-state index is 13.0. The zero-order valence-electron chi connectivity index (χ0n) is 19.0. The van der Waals surface area contributed by atoms with E-state index in [1.807, 2.05) is 37.4 Å². The SMILES string of the molecule is CNC(C)(NC)[C@H](N)C(=O)N1C[C@H](O)C[C@H]1C(=O)NCc1ccc(-c2ccnn2C)cc1. The fraction of sp³-hybridized carbons (Fsp3) is 0.500. The monoisotopic (exact) mass is 443 g/mol.